The maximum Gasteiger partial charge on any atom is 0.416 e. The summed E-state index contributed by atoms with van der Waals surface area (Å²) in [4.78, 5) is 7.58. The van der Waals surface area contributed by atoms with E-state index < -0.39 is 23.7 Å². The van der Waals surface area contributed by atoms with Crippen molar-refractivity contribution >= 4 is 5.95 Å². The monoisotopic (exact) mass is 301 g/mol. The van der Waals surface area contributed by atoms with Gasteiger partial charge in [0.1, 0.15) is 17.7 Å². The fourth-order valence-electron chi connectivity index (χ4n) is 1.67. The van der Waals surface area contributed by atoms with Crippen LogP contribution in [0.2, 0.25) is 0 Å². The molecule has 0 saturated heterocycles. The van der Waals surface area contributed by atoms with E-state index in [0.717, 1.165) is 12.1 Å². The Morgan fingerprint density at radius 3 is 2.57 bits per heavy atom. The van der Waals surface area contributed by atoms with E-state index >= 15 is 0 Å². The van der Waals surface area contributed by atoms with E-state index in [-0.39, 0.29) is 11.7 Å². The number of nitrogens with zero attached hydrogens (tertiary/aromatic N) is 2. The molecular weight excluding hydrogens is 290 g/mol. The zero-order chi connectivity index (χ0) is 15.6. The number of hydrogen-bond donors (Lipinski definition) is 1. The Balaban J connectivity index is 2.25. The normalized spacial score (nSPS) is 13.0. The van der Waals surface area contributed by atoms with Crippen LogP contribution in [0.1, 0.15) is 24.3 Å². The lowest BCUT2D eigenvalue weighted by atomic mass is 10.2. The van der Waals surface area contributed by atoms with Crippen LogP contribution in [0.3, 0.4) is 0 Å². The lowest BCUT2D eigenvalue weighted by molar-refractivity contribution is -0.137. The fourth-order valence-corrected chi connectivity index (χ4v) is 1.67. The fraction of sp³-hybridized carbons (Fsp3) is 0.231. The van der Waals surface area contributed by atoms with Gasteiger partial charge in [-0.1, -0.05) is 0 Å². The largest absolute Gasteiger partial charge is 0.484 e. The van der Waals surface area contributed by atoms with Crippen molar-refractivity contribution in [1.82, 2.24) is 9.97 Å². The van der Waals surface area contributed by atoms with Gasteiger partial charge in [-0.25, -0.2) is 14.4 Å². The summed E-state index contributed by atoms with van der Waals surface area (Å²) in [6, 6.07) is 3.51. The summed E-state index contributed by atoms with van der Waals surface area (Å²) in [7, 11) is 0. The van der Waals surface area contributed by atoms with E-state index in [1.54, 1.807) is 6.92 Å². The maximum absolute atomic E-state index is 13.2. The first kappa shape index (κ1) is 15.0. The summed E-state index contributed by atoms with van der Waals surface area (Å²) in [6.45, 7) is 1.56. The van der Waals surface area contributed by atoms with Crippen LogP contribution >= 0.6 is 0 Å². The first-order valence-corrected chi connectivity index (χ1v) is 5.88. The summed E-state index contributed by atoms with van der Waals surface area (Å²) in [5, 5.41) is 0. The van der Waals surface area contributed by atoms with Crippen molar-refractivity contribution in [3.05, 3.63) is 47.5 Å². The van der Waals surface area contributed by atoms with Crippen LogP contribution in [0.25, 0.3) is 0 Å². The van der Waals surface area contributed by atoms with Gasteiger partial charge in [-0.2, -0.15) is 13.2 Å². The number of benzene rings is 1. The number of ether oxygens (including phenoxy) is 1. The van der Waals surface area contributed by atoms with Crippen LogP contribution in [0.4, 0.5) is 23.5 Å². The van der Waals surface area contributed by atoms with Crippen molar-refractivity contribution in [2.75, 3.05) is 5.73 Å². The van der Waals surface area contributed by atoms with Gasteiger partial charge in [0, 0.05) is 12.3 Å². The third-order valence-electron chi connectivity index (χ3n) is 2.62. The molecule has 21 heavy (non-hydrogen) atoms. The molecule has 2 aromatic rings. The van der Waals surface area contributed by atoms with Gasteiger partial charge >= 0.3 is 6.18 Å². The molecule has 4 nitrogen and oxygen atoms in total. The Kier molecular flexibility index (Phi) is 3.97. The summed E-state index contributed by atoms with van der Waals surface area (Å²) in [5.41, 5.74) is 4.67. The van der Waals surface area contributed by atoms with E-state index in [2.05, 4.69) is 9.97 Å². The minimum Gasteiger partial charge on any atom is -0.484 e. The van der Waals surface area contributed by atoms with Crippen LogP contribution in [0, 0.1) is 5.82 Å². The molecule has 0 aliphatic rings. The van der Waals surface area contributed by atoms with Gasteiger partial charge in [0.25, 0.3) is 0 Å². The minimum absolute atomic E-state index is 0.0122. The summed E-state index contributed by atoms with van der Waals surface area (Å²) >= 11 is 0. The highest BCUT2D eigenvalue weighted by atomic mass is 19.4. The molecule has 1 heterocycles. The van der Waals surface area contributed by atoms with Crippen LogP contribution < -0.4 is 10.5 Å². The molecule has 0 bridgehead atoms. The van der Waals surface area contributed by atoms with Crippen molar-refractivity contribution in [1.29, 1.82) is 0 Å². The zero-order valence-electron chi connectivity index (χ0n) is 10.9. The smallest absolute Gasteiger partial charge is 0.416 e. The van der Waals surface area contributed by atoms with Crippen molar-refractivity contribution in [3.8, 4) is 5.75 Å². The SMILES string of the molecule is CC(Oc1cc(F)cc(C(F)(F)F)c1)c1ccnc(N)n1. The molecule has 2 rings (SSSR count). The molecule has 2 N–H and O–H groups in total. The quantitative estimate of drug-likeness (QED) is 0.883. The Labute approximate surface area is 117 Å². The number of rotatable bonds is 3. The van der Waals surface area contributed by atoms with E-state index in [9.17, 15) is 17.6 Å². The van der Waals surface area contributed by atoms with Gasteiger partial charge in [-0.15, -0.1) is 0 Å². The van der Waals surface area contributed by atoms with Crippen molar-refractivity contribution < 1.29 is 22.3 Å². The average molecular weight is 301 g/mol. The molecule has 0 aliphatic carbocycles. The standard InChI is InChI=1S/C13H11F4N3O/c1-7(11-2-3-19-12(18)20-11)21-10-5-8(13(15,16)17)4-9(14)6-10/h2-7H,1H3,(H2,18,19,20). The summed E-state index contributed by atoms with van der Waals surface area (Å²) in [5.74, 6) is -1.26. The van der Waals surface area contributed by atoms with Gasteiger partial charge in [0.2, 0.25) is 5.95 Å². The second-order valence-corrected chi connectivity index (χ2v) is 4.27. The predicted molar refractivity (Wildman–Crippen MR) is 66.9 cm³/mol. The number of halogens is 4. The van der Waals surface area contributed by atoms with Crippen molar-refractivity contribution in [2.24, 2.45) is 0 Å². The van der Waals surface area contributed by atoms with E-state index in [1.165, 1.54) is 12.3 Å². The number of nitrogen functional groups attached to an aromatic ring is 1. The topological polar surface area (TPSA) is 61.0 Å². The molecule has 1 aromatic heterocycles. The van der Waals surface area contributed by atoms with Crippen molar-refractivity contribution in [2.45, 2.75) is 19.2 Å². The highest BCUT2D eigenvalue weighted by molar-refractivity contribution is 5.32. The average Bonchev–Trinajstić information content (AvgIpc) is 2.37. The number of nitrogens with two attached hydrogens (primary N) is 1. The molecule has 1 atom stereocenters. The molecule has 1 unspecified atom stereocenters. The highest BCUT2D eigenvalue weighted by Gasteiger charge is 2.31. The number of alkyl halides is 3. The lowest BCUT2D eigenvalue weighted by Gasteiger charge is -2.16. The zero-order valence-corrected chi connectivity index (χ0v) is 10.9. The second-order valence-electron chi connectivity index (χ2n) is 4.27. The van der Waals surface area contributed by atoms with Crippen molar-refractivity contribution in [3.63, 3.8) is 0 Å². The molecule has 0 saturated carbocycles. The summed E-state index contributed by atoms with van der Waals surface area (Å²) in [6.07, 6.45) is -3.97. The van der Waals surface area contributed by atoms with Gasteiger partial charge < -0.3 is 10.5 Å². The molecule has 0 radical (unpaired) electrons. The summed E-state index contributed by atoms with van der Waals surface area (Å²) < 4.78 is 56.3. The Morgan fingerprint density at radius 2 is 1.95 bits per heavy atom. The van der Waals surface area contributed by atoms with Gasteiger partial charge in [-0.05, 0) is 25.1 Å². The first-order valence-electron chi connectivity index (χ1n) is 5.88. The number of aromatic nitrogens is 2. The predicted octanol–water partition coefficient (Wildman–Crippen LogP) is 3.36. The van der Waals surface area contributed by atoms with E-state index in [1.807, 2.05) is 0 Å². The maximum atomic E-state index is 13.2. The Hall–Kier alpha value is -2.38. The Bertz CT molecular complexity index is 646. The number of anilines is 1. The van der Waals surface area contributed by atoms with Crippen LogP contribution in [0.15, 0.2) is 30.5 Å². The van der Waals surface area contributed by atoms with Gasteiger partial charge in [-0.3, -0.25) is 0 Å². The van der Waals surface area contributed by atoms with E-state index in [4.69, 9.17) is 10.5 Å². The first-order chi connectivity index (χ1) is 9.75. The molecule has 1 aromatic carbocycles. The minimum atomic E-state index is -4.65. The molecule has 8 heteroatoms. The lowest BCUT2D eigenvalue weighted by Crippen LogP contribution is -2.10. The third kappa shape index (κ3) is 3.80. The molecule has 0 amide bonds. The molecule has 0 fully saturated rings. The van der Waals surface area contributed by atoms with Crippen LogP contribution in [0.5, 0.6) is 5.75 Å². The van der Waals surface area contributed by atoms with Gasteiger partial charge in [0.05, 0.1) is 11.3 Å². The third-order valence-corrected chi connectivity index (χ3v) is 2.62. The molecule has 112 valence electrons. The molecular formula is C13H11F4N3O. The van der Waals surface area contributed by atoms with Crippen LogP contribution in [-0.2, 0) is 6.18 Å². The second kappa shape index (κ2) is 5.55. The number of hydrogen-bond acceptors (Lipinski definition) is 4. The van der Waals surface area contributed by atoms with Crippen LogP contribution in [-0.4, -0.2) is 9.97 Å². The highest BCUT2D eigenvalue weighted by Crippen LogP contribution is 2.33. The molecule has 0 spiro atoms. The van der Waals surface area contributed by atoms with Gasteiger partial charge in [0.15, 0.2) is 0 Å². The Morgan fingerprint density at radius 1 is 1.24 bits per heavy atom. The molecule has 0 aliphatic heterocycles. The van der Waals surface area contributed by atoms with E-state index in [0.29, 0.717) is 11.8 Å².